The van der Waals surface area contributed by atoms with Crippen molar-refractivity contribution in [3.05, 3.63) is 30.3 Å². The van der Waals surface area contributed by atoms with Crippen molar-refractivity contribution in [2.24, 2.45) is 15.9 Å². The monoisotopic (exact) mass is 416 g/mol. The Bertz CT molecular complexity index is 832. The van der Waals surface area contributed by atoms with E-state index in [-0.39, 0.29) is 23.3 Å². The maximum Gasteiger partial charge on any atom is 0.367 e. The van der Waals surface area contributed by atoms with Crippen molar-refractivity contribution in [3.8, 4) is 0 Å². The lowest BCUT2D eigenvalue weighted by molar-refractivity contribution is -0.143. The van der Waals surface area contributed by atoms with E-state index in [2.05, 4.69) is 27.0 Å². The van der Waals surface area contributed by atoms with Gasteiger partial charge in [-0.15, -0.1) is 0 Å². The summed E-state index contributed by atoms with van der Waals surface area (Å²) >= 11 is 1.11. The summed E-state index contributed by atoms with van der Waals surface area (Å²) in [7, 11) is 0. The van der Waals surface area contributed by atoms with E-state index < -0.39 is 17.9 Å². The van der Waals surface area contributed by atoms with Crippen LogP contribution in [0, 0.1) is 5.92 Å². The van der Waals surface area contributed by atoms with Gasteiger partial charge < -0.3 is 14.5 Å². The van der Waals surface area contributed by atoms with E-state index in [1.165, 1.54) is 0 Å². The molecule has 9 heteroatoms. The van der Waals surface area contributed by atoms with Gasteiger partial charge in [-0.2, -0.15) is 9.98 Å². The molecule has 154 valence electrons. The quantitative estimate of drug-likeness (QED) is 0.684. The molecule has 29 heavy (non-hydrogen) atoms. The molecule has 3 rings (SSSR count). The Labute approximate surface area is 174 Å². The van der Waals surface area contributed by atoms with Crippen LogP contribution in [-0.4, -0.2) is 72.1 Å². The third kappa shape index (κ3) is 5.23. The second-order valence-electron chi connectivity index (χ2n) is 6.66. The number of para-hydroxylation sites is 1. The van der Waals surface area contributed by atoms with Gasteiger partial charge in [0.2, 0.25) is 5.91 Å². The number of aliphatic imine (C=N–C) groups is 2. The fourth-order valence-electron chi connectivity index (χ4n) is 3.27. The molecule has 0 aliphatic carbocycles. The largest absolute Gasteiger partial charge is 0.465 e. The maximum absolute atomic E-state index is 12.6. The third-order valence-electron chi connectivity index (χ3n) is 4.76. The molecule has 0 saturated carbocycles. The molecule has 1 aromatic carbocycles. The van der Waals surface area contributed by atoms with E-state index in [9.17, 15) is 14.4 Å². The number of ether oxygens (including phenoxy) is 1. The number of amides is 3. The molecule has 0 N–H and O–H groups in total. The zero-order valence-electron chi connectivity index (χ0n) is 16.5. The number of carbonyl (C=O) groups excluding carboxylic acids is 3. The zero-order valence-corrected chi connectivity index (χ0v) is 17.4. The molecule has 1 aromatic rings. The fraction of sp³-hybridized carbons (Fsp3) is 0.450. The highest BCUT2D eigenvalue weighted by Gasteiger charge is 2.34. The minimum absolute atomic E-state index is 0.0411. The first-order chi connectivity index (χ1) is 14.0. The highest BCUT2D eigenvalue weighted by molar-refractivity contribution is 8.14. The van der Waals surface area contributed by atoms with Crippen LogP contribution in [0.25, 0.3) is 0 Å². The first kappa shape index (κ1) is 21.0. The Kier molecular flexibility index (Phi) is 7.03. The number of benzene rings is 1. The first-order valence-corrected chi connectivity index (χ1v) is 10.5. The molecule has 0 radical (unpaired) electrons. The van der Waals surface area contributed by atoms with Crippen molar-refractivity contribution in [1.82, 2.24) is 4.90 Å². The average molecular weight is 417 g/mol. The van der Waals surface area contributed by atoms with E-state index in [1.54, 1.807) is 18.7 Å². The van der Waals surface area contributed by atoms with Crippen LogP contribution in [0.1, 0.15) is 13.8 Å². The number of esters is 1. The average Bonchev–Trinajstić information content (AvgIpc) is 2.72. The van der Waals surface area contributed by atoms with E-state index in [0.29, 0.717) is 18.8 Å². The van der Waals surface area contributed by atoms with Gasteiger partial charge in [0.1, 0.15) is 5.92 Å². The van der Waals surface area contributed by atoms with Gasteiger partial charge in [-0.3, -0.25) is 9.59 Å². The predicted molar refractivity (Wildman–Crippen MR) is 114 cm³/mol. The van der Waals surface area contributed by atoms with Crippen LogP contribution in [0.2, 0.25) is 0 Å². The molecule has 1 fully saturated rings. The highest BCUT2D eigenvalue weighted by atomic mass is 32.2. The van der Waals surface area contributed by atoms with Crippen molar-refractivity contribution >= 4 is 46.1 Å². The second kappa shape index (κ2) is 9.69. The number of rotatable bonds is 5. The molecule has 2 heterocycles. The maximum atomic E-state index is 12.6. The molecular weight excluding hydrogens is 392 g/mol. The van der Waals surface area contributed by atoms with Gasteiger partial charge in [-0.1, -0.05) is 30.0 Å². The smallest absolute Gasteiger partial charge is 0.367 e. The van der Waals surface area contributed by atoms with Crippen LogP contribution in [0.15, 0.2) is 40.3 Å². The van der Waals surface area contributed by atoms with Crippen LogP contribution in [-0.2, 0) is 14.3 Å². The van der Waals surface area contributed by atoms with E-state index in [0.717, 1.165) is 30.5 Å². The number of hydrogen-bond acceptors (Lipinski definition) is 6. The third-order valence-corrected chi connectivity index (χ3v) is 5.78. The highest BCUT2D eigenvalue weighted by Crippen LogP contribution is 2.22. The molecular formula is C20H24N4O4S. The molecule has 8 nitrogen and oxygen atoms in total. The van der Waals surface area contributed by atoms with Crippen molar-refractivity contribution < 1.29 is 19.1 Å². The van der Waals surface area contributed by atoms with Gasteiger partial charge in [-0.05, 0) is 26.0 Å². The molecule has 2 aliphatic heterocycles. The molecule has 2 aliphatic rings. The van der Waals surface area contributed by atoms with Crippen LogP contribution < -0.4 is 4.90 Å². The van der Waals surface area contributed by atoms with Crippen molar-refractivity contribution in [3.63, 3.8) is 0 Å². The Morgan fingerprint density at radius 1 is 1.14 bits per heavy atom. The standard InChI is InChI=1S/C20H24N4O4S/c1-3-28-19(26)17-14(2)21-20(27)22-18(17)29-13-16(25)24-11-9-23(10-12-24)15-7-5-4-6-8-15/h4-8,17H,3,9-13H2,1-2H3. The lowest BCUT2D eigenvalue weighted by Crippen LogP contribution is -2.49. The number of nitrogens with zero attached hydrogens (tertiary/aromatic N) is 4. The van der Waals surface area contributed by atoms with Crippen LogP contribution >= 0.6 is 11.8 Å². The summed E-state index contributed by atoms with van der Waals surface area (Å²) in [6, 6.07) is 9.45. The summed E-state index contributed by atoms with van der Waals surface area (Å²) < 4.78 is 5.07. The van der Waals surface area contributed by atoms with Crippen LogP contribution in [0.3, 0.4) is 0 Å². The van der Waals surface area contributed by atoms with Crippen molar-refractivity contribution in [2.45, 2.75) is 13.8 Å². The fourth-order valence-corrected chi connectivity index (χ4v) is 4.30. The zero-order chi connectivity index (χ0) is 20.8. The van der Waals surface area contributed by atoms with Gasteiger partial charge in [0.05, 0.1) is 17.4 Å². The van der Waals surface area contributed by atoms with E-state index >= 15 is 0 Å². The number of urea groups is 1. The summed E-state index contributed by atoms with van der Waals surface area (Å²) in [5, 5.41) is 0.275. The Hall–Kier alpha value is -2.68. The number of anilines is 1. The molecule has 1 atom stereocenters. The molecule has 1 unspecified atom stereocenters. The molecule has 3 amide bonds. The molecule has 0 aromatic heterocycles. The van der Waals surface area contributed by atoms with E-state index in [1.807, 2.05) is 18.2 Å². The summed E-state index contributed by atoms with van der Waals surface area (Å²) in [6.07, 6.45) is 0. The molecule has 0 bridgehead atoms. The van der Waals surface area contributed by atoms with Gasteiger partial charge in [0.15, 0.2) is 0 Å². The van der Waals surface area contributed by atoms with Gasteiger partial charge in [0, 0.05) is 37.6 Å². The summed E-state index contributed by atoms with van der Waals surface area (Å²) in [5.41, 5.74) is 1.49. The minimum atomic E-state index is -0.819. The molecule has 0 spiro atoms. The lowest BCUT2D eigenvalue weighted by Gasteiger charge is -2.36. The minimum Gasteiger partial charge on any atom is -0.465 e. The number of carbonyl (C=O) groups is 3. The number of thioether (sulfide) groups is 1. The van der Waals surface area contributed by atoms with Crippen molar-refractivity contribution in [2.75, 3.05) is 43.4 Å². The first-order valence-electron chi connectivity index (χ1n) is 9.54. The number of hydrogen-bond donors (Lipinski definition) is 0. The normalized spacial score (nSPS) is 19.5. The second-order valence-corrected chi connectivity index (χ2v) is 7.66. The summed E-state index contributed by atoms with van der Waals surface area (Å²) in [4.78, 5) is 48.2. The lowest BCUT2D eigenvalue weighted by atomic mass is 10.1. The topological polar surface area (TPSA) is 91.6 Å². The van der Waals surface area contributed by atoms with Gasteiger partial charge in [0.25, 0.3) is 0 Å². The summed E-state index contributed by atoms with van der Waals surface area (Å²) in [5.74, 6) is -1.25. The molecule has 1 saturated heterocycles. The number of piperazine rings is 1. The summed E-state index contributed by atoms with van der Waals surface area (Å²) in [6.45, 7) is 6.30. The van der Waals surface area contributed by atoms with Gasteiger partial charge in [-0.25, -0.2) is 4.79 Å². The van der Waals surface area contributed by atoms with Crippen LogP contribution in [0.5, 0.6) is 0 Å². The Morgan fingerprint density at radius 3 is 2.48 bits per heavy atom. The predicted octanol–water partition coefficient (Wildman–Crippen LogP) is 2.24. The van der Waals surface area contributed by atoms with E-state index in [4.69, 9.17) is 4.74 Å². The SMILES string of the molecule is CCOC(=O)C1C(C)=NC(=O)N=C1SCC(=O)N1CCN(c2ccccc2)CC1. The van der Waals surface area contributed by atoms with Crippen molar-refractivity contribution in [1.29, 1.82) is 0 Å². The Balaban J connectivity index is 1.55. The Morgan fingerprint density at radius 2 is 1.83 bits per heavy atom. The van der Waals surface area contributed by atoms with Gasteiger partial charge >= 0.3 is 12.0 Å². The van der Waals surface area contributed by atoms with Crippen LogP contribution in [0.4, 0.5) is 10.5 Å².